The Balaban J connectivity index is 3.13. The topological polar surface area (TPSA) is 37.3 Å². The second kappa shape index (κ2) is 7.23. The zero-order chi connectivity index (χ0) is 10.3. The van der Waals surface area contributed by atoms with E-state index in [0.29, 0.717) is 11.8 Å². The van der Waals surface area contributed by atoms with Crippen LogP contribution in [0.1, 0.15) is 12.8 Å². The standard InChI is InChI=1S/C6H11Cl3O2SSi/c7-13(8,9)5-1-3-12-4-2-6(10)11/h1-5H2,(H,10,11). The summed E-state index contributed by atoms with van der Waals surface area (Å²) in [5.41, 5.74) is 0. The van der Waals surface area contributed by atoms with E-state index in [4.69, 9.17) is 38.3 Å². The molecular weight excluding hydrogens is 271 g/mol. The van der Waals surface area contributed by atoms with E-state index in [2.05, 4.69) is 0 Å². The summed E-state index contributed by atoms with van der Waals surface area (Å²) in [6.45, 7) is 0. The number of carboxylic acid groups (broad SMARTS) is 1. The summed E-state index contributed by atoms with van der Waals surface area (Å²) < 4.78 is 0. The Kier molecular flexibility index (Phi) is 7.74. The molecule has 0 aromatic heterocycles. The van der Waals surface area contributed by atoms with Crippen molar-refractivity contribution < 1.29 is 9.90 Å². The minimum absolute atomic E-state index is 0.204. The number of halogens is 3. The highest BCUT2D eigenvalue weighted by atomic mass is 35.8. The molecule has 7 heteroatoms. The zero-order valence-electron chi connectivity index (χ0n) is 6.93. The summed E-state index contributed by atoms with van der Waals surface area (Å²) in [5.74, 6) is 0.744. The van der Waals surface area contributed by atoms with Crippen LogP contribution in [-0.2, 0) is 4.79 Å². The van der Waals surface area contributed by atoms with E-state index < -0.39 is 12.0 Å². The van der Waals surface area contributed by atoms with Crippen molar-refractivity contribution in [3.05, 3.63) is 0 Å². The van der Waals surface area contributed by atoms with Crippen LogP contribution < -0.4 is 0 Å². The molecule has 0 rings (SSSR count). The molecule has 0 aliphatic rings. The minimum Gasteiger partial charge on any atom is -0.481 e. The first-order chi connectivity index (χ1) is 5.92. The van der Waals surface area contributed by atoms with Crippen LogP contribution in [0, 0.1) is 0 Å². The largest absolute Gasteiger partial charge is 0.481 e. The zero-order valence-corrected chi connectivity index (χ0v) is 11.0. The molecule has 0 aromatic rings. The SMILES string of the molecule is O=C(O)CCSCCC[Si](Cl)(Cl)Cl. The van der Waals surface area contributed by atoms with Gasteiger partial charge in [0.15, 0.2) is 0 Å². The van der Waals surface area contributed by atoms with Crippen LogP contribution in [0.4, 0.5) is 0 Å². The Labute approximate surface area is 97.0 Å². The number of aliphatic carboxylic acids is 1. The van der Waals surface area contributed by atoms with E-state index in [1.54, 1.807) is 11.8 Å². The first-order valence-corrected chi connectivity index (χ1v) is 10.2. The molecule has 0 aromatic carbocycles. The molecule has 0 saturated carbocycles. The summed E-state index contributed by atoms with van der Waals surface area (Å²) in [7, 11) is 0. The molecule has 0 spiro atoms. The lowest BCUT2D eigenvalue weighted by Gasteiger charge is -2.06. The molecule has 0 heterocycles. The van der Waals surface area contributed by atoms with Crippen LogP contribution >= 0.6 is 45.0 Å². The van der Waals surface area contributed by atoms with Gasteiger partial charge in [0.05, 0.1) is 6.42 Å². The van der Waals surface area contributed by atoms with Gasteiger partial charge in [-0.05, 0) is 18.2 Å². The van der Waals surface area contributed by atoms with Crippen molar-refractivity contribution in [1.29, 1.82) is 0 Å². The number of carboxylic acids is 1. The molecule has 0 aliphatic heterocycles. The van der Waals surface area contributed by atoms with Crippen molar-refractivity contribution >= 4 is 57.0 Å². The Morgan fingerprint density at radius 1 is 1.31 bits per heavy atom. The highest BCUT2D eigenvalue weighted by molar-refractivity contribution is 7.99. The molecule has 13 heavy (non-hydrogen) atoms. The van der Waals surface area contributed by atoms with E-state index in [1.807, 2.05) is 0 Å². The van der Waals surface area contributed by atoms with Gasteiger partial charge in [-0.1, -0.05) is 0 Å². The molecular formula is C6H11Cl3O2SSi. The summed E-state index contributed by atoms with van der Waals surface area (Å²) in [5, 5.41) is 8.33. The first kappa shape index (κ1) is 13.9. The maximum atomic E-state index is 10.1. The Morgan fingerprint density at radius 2 is 1.92 bits per heavy atom. The summed E-state index contributed by atoms with van der Waals surface area (Å²) in [4.78, 5) is 10.1. The molecule has 0 radical (unpaired) electrons. The molecule has 0 aliphatic carbocycles. The maximum Gasteiger partial charge on any atom is 0.341 e. The van der Waals surface area contributed by atoms with E-state index in [0.717, 1.165) is 12.2 Å². The van der Waals surface area contributed by atoms with Gasteiger partial charge in [0.1, 0.15) is 0 Å². The quantitative estimate of drug-likeness (QED) is 0.442. The Bertz CT molecular complexity index is 162. The molecule has 0 atom stereocenters. The van der Waals surface area contributed by atoms with E-state index >= 15 is 0 Å². The second-order valence-electron chi connectivity index (χ2n) is 2.47. The highest BCUT2D eigenvalue weighted by Gasteiger charge is 2.23. The van der Waals surface area contributed by atoms with E-state index in [-0.39, 0.29) is 6.42 Å². The Morgan fingerprint density at radius 3 is 2.38 bits per heavy atom. The van der Waals surface area contributed by atoms with Gasteiger partial charge in [0, 0.05) is 5.75 Å². The van der Waals surface area contributed by atoms with Gasteiger partial charge < -0.3 is 5.11 Å². The van der Waals surface area contributed by atoms with Gasteiger partial charge in [-0.3, -0.25) is 4.79 Å². The number of thioether (sulfide) groups is 1. The first-order valence-electron chi connectivity index (χ1n) is 3.78. The van der Waals surface area contributed by atoms with Gasteiger partial charge in [-0.25, -0.2) is 0 Å². The van der Waals surface area contributed by atoms with Crippen molar-refractivity contribution in [2.24, 2.45) is 0 Å². The summed E-state index contributed by atoms with van der Waals surface area (Å²) in [6, 6.07) is -1.80. The molecule has 0 fully saturated rings. The van der Waals surface area contributed by atoms with Crippen molar-refractivity contribution in [3.63, 3.8) is 0 Å². The van der Waals surface area contributed by atoms with E-state index in [1.165, 1.54) is 0 Å². The minimum atomic E-state index is -2.45. The third-order valence-corrected chi connectivity index (χ3v) is 4.90. The fourth-order valence-electron chi connectivity index (χ4n) is 0.636. The fourth-order valence-corrected chi connectivity index (χ4v) is 3.54. The Hall–Kier alpha value is 0.907. The molecule has 1 N–H and O–H groups in total. The maximum absolute atomic E-state index is 10.1. The lowest BCUT2D eigenvalue weighted by atomic mass is 10.5. The molecule has 78 valence electrons. The van der Waals surface area contributed by atoms with Gasteiger partial charge in [0.25, 0.3) is 0 Å². The highest BCUT2D eigenvalue weighted by Crippen LogP contribution is 2.27. The van der Waals surface area contributed by atoms with Gasteiger partial charge >= 0.3 is 12.0 Å². The number of carbonyl (C=O) groups is 1. The predicted molar refractivity (Wildman–Crippen MR) is 62.3 cm³/mol. The number of rotatable bonds is 7. The van der Waals surface area contributed by atoms with Gasteiger partial charge in [-0.2, -0.15) is 11.8 Å². The van der Waals surface area contributed by atoms with Crippen molar-refractivity contribution in [2.75, 3.05) is 11.5 Å². The van der Waals surface area contributed by atoms with Crippen LogP contribution in [0.25, 0.3) is 0 Å². The molecule has 0 saturated heterocycles. The molecule has 0 bridgehead atoms. The lowest BCUT2D eigenvalue weighted by molar-refractivity contribution is -0.136. The van der Waals surface area contributed by atoms with Crippen LogP contribution in [0.15, 0.2) is 0 Å². The van der Waals surface area contributed by atoms with E-state index in [9.17, 15) is 4.79 Å². The van der Waals surface area contributed by atoms with Gasteiger partial charge in [-0.15, -0.1) is 33.2 Å². The van der Waals surface area contributed by atoms with Crippen molar-refractivity contribution in [3.8, 4) is 0 Å². The average molecular weight is 282 g/mol. The smallest absolute Gasteiger partial charge is 0.341 e. The monoisotopic (exact) mass is 280 g/mol. The summed E-state index contributed by atoms with van der Waals surface area (Å²) >= 11 is 18.6. The van der Waals surface area contributed by atoms with Crippen LogP contribution in [0.2, 0.25) is 6.04 Å². The fraction of sp³-hybridized carbons (Fsp3) is 0.833. The average Bonchev–Trinajstić information content (AvgIpc) is 1.93. The molecule has 0 amide bonds. The molecule has 2 nitrogen and oxygen atoms in total. The molecule has 0 unspecified atom stereocenters. The van der Waals surface area contributed by atoms with Crippen LogP contribution in [0.3, 0.4) is 0 Å². The summed E-state index contributed by atoms with van der Waals surface area (Å²) in [6.07, 6.45) is 1.06. The third-order valence-electron chi connectivity index (χ3n) is 1.21. The van der Waals surface area contributed by atoms with Crippen molar-refractivity contribution in [2.45, 2.75) is 18.9 Å². The predicted octanol–water partition coefficient (Wildman–Crippen LogP) is 3.24. The van der Waals surface area contributed by atoms with Crippen LogP contribution in [-0.4, -0.2) is 28.6 Å². The second-order valence-corrected chi connectivity index (χ2v) is 13.0. The van der Waals surface area contributed by atoms with Crippen LogP contribution in [0.5, 0.6) is 0 Å². The number of hydrogen-bond acceptors (Lipinski definition) is 2. The normalized spacial score (nSPS) is 11.6. The number of hydrogen-bond donors (Lipinski definition) is 1. The van der Waals surface area contributed by atoms with Crippen molar-refractivity contribution in [1.82, 2.24) is 0 Å². The van der Waals surface area contributed by atoms with Gasteiger partial charge in [0.2, 0.25) is 0 Å². The third kappa shape index (κ3) is 12.9. The lowest BCUT2D eigenvalue weighted by Crippen LogP contribution is -2.08.